The van der Waals surface area contributed by atoms with Crippen LogP contribution in [-0.4, -0.2) is 56.6 Å². The van der Waals surface area contributed by atoms with Crippen molar-refractivity contribution < 1.29 is 22.4 Å². The van der Waals surface area contributed by atoms with Crippen molar-refractivity contribution in [1.82, 2.24) is 10.2 Å². The zero-order valence-corrected chi connectivity index (χ0v) is 18.8. The highest BCUT2D eigenvalue weighted by atomic mass is 32.2. The van der Waals surface area contributed by atoms with Gasteiger partial charge in [0.15, 0.2) is 9.84 Å². The number of halogens is 1. The number of nitrogens with one attached hydrogen (secondary N) is 1. The summed E-state index contributed by atoms with van der Waals surface area (Å²) in [5, 5.41) is 2.82. The van der Waals surface area contributed by atoms with Crippen molar-refractivity contribution in [2.45, 2.75) is 42.7 Å². The van der Waals surface area contributed by atoms with Gasteiger partial charge in [0.05, 0.1) is 4.90 Å². The normalized spacial score (nSPS) is 17.2. The zero-order valence-electron chi connectivity index (χ0n) is 18.0. The van der Waals surface area contributed by atoms with Crippen LogP contribution in [0.1, 0.15) is 35.2 Å². The molecule has 0 radical (unpaired) electrons. The molecule has 1 aliphatic heterocycles. The van der Waals surface area contributed by atoms with Gasteiger partial charge >= 0.3 is 0 Å². The molecule has 9 heteroatoms. The minimum Gasteiger partial charge on any atom is -0.350 e. The van der Waals surface area contributed by atoms with Gasteiger partial charge in [-0.3, -0.25) is 9.59 Å². The Bertz CT molecular complexity index is 1070. The molecule has 0 saturated carbocycles. The fourth-order valence-electron chi connectivity index (χ4n) is 3.90. The first kappa shape index (κ1) is 23.9. The Morgan fingerprint density at radius 2 is 1.88 bits per heavy atom. The van der Waals surface area contributed by atoms with E-state index in [1.165, 1.54) is 30.3 Å². The van der Waals surface area contributed by atoms with Gasteiger partial charge in [-0.25, -0.2) is 12.8 Å². The van der Waals surface area contributed by atoms with Gasteiger partial charge in [-0.2, -0.15) is 0 Å². The summed E-state index contributed by atoms with van der Waals surface area (Å²) in [7, 11) is -3.33. The lowest BCUT2D eigenvalue weighted by Gasteiger charge is -2.26. The predicted octanol–water partition coefficient (Wildman–Crippen LogP) is 1.91. The van der Waals surface area contributed by atoms with Crippen LogP contribution >= 0.6 is 0 Å². The maximum Gasteiger partial charge on any atom is 0.251 e. The topological polar surface area (TPSA) is 110 Å². The predicted molar refractivity (Wildman–Crippen MR) is 119 cm³/mol. The summed E-state index contributed by atoms with van der Waals surface area (Å²) in [6.45, 7) is 0.885. The second-order valence-electron chi connectivity index (χ2n) is 8.15. The molecule has 172 valence electrons. The third kappa shape index (κ3) is 6.14. The maximum absolute atomic E-state index is 13.8. The Kier molecular flexibility index (Phi) is 7.63. The largest absolute Gasteiger partial charge is 0.350 e. The van der Waals surface area contributed by atoms with E-state index in [1.807, 2.05) is 0 Å². The van der Waals surface area contributed by atoms with Crippen molar-refractivity contribution in [2.24, 2.45) is 5.73 Å². The van der Waals surface area contributed by atoms with Crippen LogP contribution in [0.4, 0.5) is 4.39 Å². The number of hydrogen-bond donors (Lipinski definition) is 2. The quantitative estimate of drug-likeness (QED) is 0.624. The van der Waals surface area contributed by atoms with Crippen molar-refractivity contribution in [3.8, 4) is 0 Å². The van der Waals surface area contributed by atoms with Crippen molar-refractivity contribution in [2.75, 3.05) is 19.3 Å². The highest BCUT2D eigenvalue weighted by molar-refractivity contribution is 7.90. The van der Waals surface area contributed by atoms with Crippen molar-refractivity contribution in [3.05, 3.63) is 65.5 Å². The third-order valence-electron chi connectivity index (χ3n) is 5.62. The van der Waals surface area contributed by atoms with Crippen molar-refractivity contribution in [1.29, 1.82) is 0 Å². The molecule has 1 saturated heterocycles. The maximum atomic E-state index is 13.8. The van der Waals surface area contributed by atoms with Crippen LogP contribution in [0.2, 0.25) is 0 Å². The minimum atomic E-state index is -3.33. The molecule has 0 aromatic heterocycles. The monoisotopic (exact) mass is 461 g/mol. The molecule has 0 spiro atoms. The van der Waals surface area contributed by atoms with Gasteiger partial charge in [0.2, 0.25) is 5.91 Å². The smallest absolute Gasteiger partial charge is 0.251 e. The molecule has 2 aromatic rings. The molecule has 3 rings (SSSR count). The van der Waals surface area contributed by atoms with Crippen molar-refractivity contribution in [3.63, 3.8) is 0 Å². The van der Waals surface area contributed by atoms with E-state index in [0.29, 0.717) is 24.2 Å². The van der Waals surface area contributed by atoms with E-state index >= 15 is 0 Å². The number of carbonyl (C=O) groups excluding carboxylic acids is 2. The van der Waals surface area contributed by atoms with Crippen LogP contribution < -0.4 is 11.1 Å². The fourth-order valence-corrected chi connectivity index (χ4v) is 4.53. The van der Waals surface area contributed by atoms with Crippen LogP contribution in [0.15, 0.2) is 53.4 Å². The van der Waals surface area contributed by atoms with E-state index in [-0.39, 0.29) is 41.4 Å². The van der Waals surface area contributed by atoms with Gasteiger partial charge in [-0.15, -0.1) is 0 Å². The molecule has 0 bridgehead atoms. The lowest BCUT2D eigenvalue weighted by atomic mass is 10.0. The Labute approximate surface area is 187 Å². The van der Waals surface area contributed by atoms with Gasteiger partial charge < -0.3 is 16.0 Å². The molecule has 0 unspecified atom stereocenters. The Hall–Kier alpha value is -2.78. The van der Waals surface area contributed by atoms with E-state index in [4.69, 9.17) is 5.73 Å². The van der Waals surface area contributed by atoms with E-state index in [0.717, 1.165) is 19.1 Å². The number of likely N-dealkylation sites (tertiary alicyclic amines) is 1. The van der Waals surface area contributed by atoms with Crippen LogP contribution in [0.3, 0.4) is 0 Å². The van der Waals surface area contributed by atoms with Crippen LogP contribution in [0.5, 0.6) is 0 Å². The molecule has 1 fully saturated rings. The molecular weight excluding hydrogens is 433 g/mol. The molecule has 32 heavy (non-hydrogen) atoms. The standard InChI is InChI=1S/C23H28FN3O4S/c1-32(30,31)20-10-8-16(9-11-20)23(29)26-15-19-6-4-12-27(19)22(28)14-18(25)13-17-5-2-3-7-21(17)24/h2-3,5,7-11,18-19H,4,6,12-15,25H2,1H3,(H,26,29)/t18-,19+/m1/s1. The van der Waals surface area contributed by atoms with Gasteiger partial charge in [0.1, 0.15) is 5.82 Å². The number of sulfone groups is 1. The minimum absolute atomic E-state index is 0.103. The van der Waals surface area contributed by atoms with Gasteiger partial charge in [-0.1, -0.05) is 18.2 Å². The van der Waals surface area contributed by atoms with E-state index in [2.05, 4.69) is 5.32 Å². The number of carbonyl (C=O) groups is 2. The molecule has 0 aliphatic carbocycles. The van der Waals surface area contributed by atoms with E-state index < -0.39 is 15.9 Å². The summed E-state index contributed by atoms with van der Waals surface area (Å²) in [6.07, 6.45) is 3.08. The van der Waals surface area contributed by atoms with Gasteiger partial charge in [-0.05, 0) is 55.2 Å². The van der Waals surface area contributed by atoms with Gasteiger partial charge in [0.25, 0.3) is 5.91 Å². The Morgan fingerprint density at radius 3 is 2.53 bits per heavy atom. The number of benzene rings is 2. The zero-order chi connectivity index (χ0) is 23.3. The average Bonchev–Trinajstić information content (AvgIpc) is 3.22. The lowest BCUT2D eigenvalue weighted by molar-refractivity contribution is -0.132. The number of amides is 2. The number of nitrogens with zero attached hydrogens (tertiary/aromatic N) is 1. The number of hydrogen-bond acceptors (Lipinski definition) is 5. The van der Waals surface area contributed by atoms with Gasteiger partial charge in [0, 0.05) is 43.4 Å². The SMILES string of the molecule is CS(=O)(=O)c1ccc(C(=O)NC[C@@H]2CCCN2C(=O)C[C@H](N)Cc2ccccc2F)cc1. The van der Waals surface area contributed by atoms with Crippen LogP contribution in [-0.2, 0) is 21.1 Å². The molecule has 2 atom stereocenters. The van der Waals surface area contributed by atoms with E-state index in [9.17, 15) is 22.4 Å². The lowest BCUT2D eigenvalue weighted by Crippen LogP contribution is -2.45. The molecule has 2 aromatic carbocycles. The summed E-state index contributed by atoms with van der Waals surface area (Å²) >= 11 is 0. The number of rotatable bonds is 8. The summed E-state index contributed by atoms with van der Waals surface area (Å²) in [4.78, 5) is 27.1. The third-order valence-corrected chi connectivity index (χ3v) is 6.75. The number of nitrogens with two attached hydrogens (primary N) is 1. The molecular formula is C23H28FN3O4S. The highest BCUT2D eigenvalue weighted by Crippen LogP contribution is 2.19. The Balaban J connectivity index is 1.53. The summed E-state index contributed by atoms with van der Waals surface area (Å²) < 4.78 is 36.9. The molecule has 3 N–H and O–H groups in total. The molecule has 7 nitrogen and oxygen atoms in total. The Morgan fingerprint density at radius 1 is 1.19 bits per heavy atom. The second-order valence-corrected chi connectivity index (χ2v) is 10.2. The molecule has 1 heterocycles. The average molecular weight is 462 g/mol. The molecule has 2 amide bonds. The molecule has 1 aliphatic rings. The highest BCUT2D eigenvalue weighted by Gasteiger charge is 2.30. The second kappa shape index (κ2) is 10.2. The van der Waals surface area contributed by atoms with E-state index in [1.54, 1.807) is 23.1 Å². The fraction of sp³-hybridized carbons (Fsp3) is 0.391. The van der Waals surface area contributed by atoms with Crippen molar-refractivity contribution >= 4 is 21.7 Å². The first-order valence-electron chi connectivity index (χ1n) is 10.5. The first-order chi connectivity index (χ1) is 15.1. The first-order valence-corrected chi connectivity index (χ1v) is 12.4. The van der Waals surface area contributed by atoms with Crippen LogP contribution in [0.25, 0.3) is 0 Å². The van der Waals surface area contributed by atoms with Crippen LogP contribution in [0, 0.1) is 5.82 Å². The summed E-state index contributed by atoms with van der Waals surface area (Å²) in [5.41, 5.74) is 6.94. The summed E-state index contributed by atoms with van der Waals surface area (Å²) in [6, 6.07) is 11.5. The summed E-state index contributed by atoms with van der Waals surface area (Å²) in [5.74, 6) is -0.773.